The number of aromatic amines is 1. The lowest BCUT2D eigenvalue weighted by molar-refractivity contribution is 0.200. The molecular weight excluding hydrogens is 168 g/mol. The third-order valence-corrected chi connectivity index (χ3v) is 1.99. The molecule has 0 bridgehead atoms. The van der Waals surface area contributed by atoms with Crippen LogP contribution in [0.2, 0.25) is 0 Å². The molecular formula is C9H14N2O2. The normalized spacial score (nSPS) is 10.4. The molecule has 1 N–H and O–H groups in total. The van der Waals surface area contributed by atoms with Gasteiger partial charge in [0.25, 0.3) is 5.56 Å². The zero-order valence-electron chi connectivity index (χ0n) is 8.18. The molecule has 0 fully saturated rings. The van der Waals surface area contributed by atoms with E-state index >= 15 is 0 Å². The standard InChI is InChI=1S/C9H14N2O2/c1-6-7(2)10-8(4-5-13-3)11-9(6)12/h4-5H2,1-3H3,(H,10,11,12). The van der Waals surface area contributed by atoms with Gasteiger partial charge in [0.05, 0.1) is 6.61 Å². The molecule has 72 valence electrons. The molecule has 0 spiro atoms. The quantitative estimate of drug-likeness (QED) is 0.743. The van der Waals surface area contributed by atoms with Crippen molar-refractivity contribution in [1.82, 2.24) is 9.97 Å². The van der Waals surface area contributed by atoms with Gasteiger partial charge in [0.2, 0.25) is 0 Å². The Balaban J connectivity index is 2.93. The van der Waals surface area contributed by atoms with E-state index in [9.17, 15) is 4.79 Å². The maximum absolute atomic E-state index is 11.3. The molecule has 0 amide bonds. The summed E-state index contributed by atoms with van der Waals surface area (Å²) in [5.41, 5.74) is 1.41. The van der Waals surface area contributed by atoms with Crippen molar-refractivity contribution >= 4 is 0 Å². The topological polar surface area (TPSA) is 55.0 Å². The van der Waals surface area contributed by atoms with Crippen LogP contribution < -0.4 is 5.56 Å². The van der Waals surface area contributed by atoms with Gasteiger partial charge in [-0.15, -0.1) is 0 Å². The number of rotatable bonds is 3. The molecule has 0 saturated carbocycles. The molecule has 1 aromatic heterocycles. The molecule has 0 atom stereocenters. The summed E-state index contributed by atoms with van der Waals surface area (Å²) in [6, 6.07) is 0. The molecule has 13 heavy (non-hydrogen) atoms. The average Bonchev–Trinajstić information content (AvgIpc) is 2.10. The monoisotopic (exact) mass is 182 g/mol. The van der Waals surface area contributed by atoms with Gasteiger partial charge >= 0.3 is 0 Å². The second-order valence-corrected chi connectivity index (χ2v) is 2.97. The highest BCUT2D eigenvalue weighted by Gasteiger charge is 2.02. The number of methoxy groups -OCH3 is 1. The van der Waals surface area contributed by atoms with E-state index in [2.05, 4.69) is 9.97 Å². The number of hydrogen-bond donors (Lipinski definition) is 1. The van der Waals surface area contributed by atoms with Crippen LogP contribution in [-0.4, -0.2) is 23.7 Å². The second kappa shape index (κ2) is 4.18. The van der Waals surface area contributed by atoms with Crippen molar-refractivity contribution in [2.45, 2.75) is 20.3 Å². The number of hydrogen-bond acceptors (Lipinski definition) is 3. The SMILES string of the molecule is COCCc1nc(C)c(C)c(=O)[nH]1. The summed E-state index contributed by atoms with van der Waals surface area (Å²) in [5.74, 6) is 0.690. The van der Waals surface area contributed by atoms with Gasteiger partial charge in [-0.25, -0.2) is 4.98 Å². The van der Waals surface area contributed by atoms with E-state index in [4.69, 9.17) is 4.74 Å². The maximum atomic E-state index is 11.3. The molecule has 0 radical (unpaired) electrons. The predicted octanol–water partition coefficient (Wildman–Crippen LogP) is 0.576. The lowest BCUT2D eigenvalue weighted by Crippen LogP contribution is -2.17. The first kappa shape index (κ1) is 9.92. The van der Waals surface area contributed by atoms with Crippen LogP contribution in [0, 0.1) is 13.8 Å². The molecule has 4 nitrogen and oxygen atoms in total. The third kappa shape index (κ3) is 2.39. The van der Waals surface area contributed by atoms with Crippen molar-refractivity contribution < 1.29 is 4.74 Å². The highest BCUT2D eigenvalue weighted by molar-refractivity contribution is 5.13. The van der Waals surface area contributed by atoms with Crippen LogP contribution in [-0.2, 0) is 11.2 Å². The van der Waals surface area contributed by atoms with Gasteiger partial charge in [0.15, 0.2) is 0 Å². The van der Waals surface area contributed by atoms with Crippen molar-refractivity contribution in [3.05, 3.63) is 27.4 Å². The molecule has 1 aromatic rings. The second-order valence-electron chi connectivity index (χ2n) is 2.97. The minimum absolute atomic E-state index is 0.0568. The molecule has 0 saturated heterocycles. The summed E-state index contributed by atoms with van der Waals surface area (Å²) >= 11 is 0. The number of H-pyrrole nitrogens is 1. The van der Waals surface area contributed by atoms with Crippen molar-refractivity contribution in [1.29, 1.82) is 0 Å². The molecule has 1 heterocycles. The van der Waals surface area contributed by atoms with Crippen LogP contribution in [0.1, 0.15) is 17.1 Å². The highest BCUT2D eigenvalue weighted by Crippen LogP contribution is 1.97. The molecule has 0 aliphatic rings. The van der Waals surface area contributed by atoms with Crippen molar-refractivity contribution in [2.24, 2.45) is 0 Å². The van der Waals surface area contributed by atoms with E-state index in [0.29, 0.717) is 24.4 Å². The Kier molecular flexibility index (Phi) is 3.19. The van der Waals surface area contributed by atoms with E-state index < -0.39 is 0 Å². The largest absolute Gasteiger partial charge is 0.384 e. The predicted molar refractivity (Wildman–Crippen MR) is 49.9 cm³/mol. The van der Waals surface area contributed by atoms with E-state index in [1.165, 1.54) is 0 Å². The summed E-state index contributed by atoms with van der Waals surface area (Å²) in [6.07, 6.45) is 0.646. The first-order chi connectivity index (χ1) is 6.15. The van der Waals surface area contributed by atoms with Gasteiger partial charge in [-0.05, 0) is 13.8 Å². The number of aromatic nitrogens is 2. The summed E-state index contributed by atoms with van der Waals surface area (Å²) in [4.78, 5) is 18.2. The Morgan fingerprint density at radius 1 is 1.46 bits per heavy atom. The number of aryl methyl sites for hydroxylation is 1. The Morgan fingerprint density at radius 2 is 2.15 bits per heavy atom. The lowest BCUT2D eigenvalue weighted by Gasteiger charge is -2.02. The minimum atomic E-state index is -0.0568. The lowest BCUT2D eigenvalue weighted by atomic mass is 10.2. The summed E-state index contributed by atoms with van der Waals surface area (Å²) < 4.78 is 4.89. The zero-order chi connectivity index (χ0) is 9.84. The van der Waals surface area contributed by atoms with Crippen LogP contribution in [0.3, 0.4) is 0 Å². The minimum Gasteiger partial charge on any atom is -0.384 e. The van der Waals surface area contributed by atoms with E-state index in [-0.39, 0.29) is 5.56 Å². The Morgan fingerprint density at radius 3 is 2.69 bits per heavy atom. The molecule has 1 rings (SSSR count). The molecule has 0 aliphatic heterocycles. The molecule has 0 unspecified atom stereocenters. The molecule has 0 aromatic carbocycles. The zero-order valence-corrected chi connectivity index (χ0v) is 8.18. The van der Waals surface area contributed by atoms with Crippen molar-refractivity contribution in [2.75, 3.05) is 13.7 Å². The molecule has 0 aliphatic carbocycles. The fraction of sp³-hybridized carbons (Fsp3) is 0.556. The summed E-state index contributed by atoms with van der Waals surface area (Å²) in [6.45, 7) is 4.17. The number of nitrogens with one attached hydrogen (secondary N) is 1. The fourth-order valence-corrected chi connectivity index (χ4v) is 1.02. The van der Waals surface area contributed by atoms with E-state index in [1.54, 1.807) is 14.0 Å². The van der Waals surface area contributed by atoms with Crippen LogP contribution in [0.5, 0.6) is 0 Å². The van der Waals surface area contributed by atoms with Gasteiger partial charge in [0.1, 0.15) is 5.82 Å². The van der Waals surface area contributed by atoms with Crippen molar-refractivity contribution in [3.63, 3.8) is 0 Å². The van der Waals surface area contributed by atoms with Gasteiger partial charge in [-0.3, -0.25) is 4.79 Å². The number of nitrogens with zero attached hydrogens (tertiary/aromatic N) is 1. The first-order valence-corrected chi connectivity index (χ1v) is 4.20. The summed E-state index contributed by atoms with van der Waals surface area (Å²) in [7, 11) is 1.62. The summed E-state index contributed by atoms with van der Waals surface area (Å²) in [5, 5.41) is 0. The first-order valence-electron chi connectivity index (χ1n) is 4.20. The Hall–Kier alpha value is -1.16. The Bertz CT molecular complexity index is 344. The van der Waals surface area contributed by atoms with Gasteiger partial charge in [-0.2, -0.15) is 0 Å². The van der Waals surface area contributed by atoms with Crippen LogP contribution in [0.4, 0.5) is 0 Å². The van der Waals surface area contributed by atoms with E-state index in [1.807, 2.05) is 6.92 Å². The average molecular weight is 182 g/mol. The maximum Gasteiger partial charge on any atom is 0.254 e. The smallest absolute Gasteiger partial charge is 0.254 e. The van der Waals surface area contributed by atoms with Gasteiger partial charge in [0, 0.05) is 24.8 Å². The van der Waals surface area contributed by atoms with Crippen LogP contribution in [0.25, 0.3) is 0 Å². The van der Waals surface area contributed by atoms with E-state index in [0.717, 1.165) is 5.69 Å². The van der Waals surface area contributed by atoms with Gasteiger partial charge in [-0.1, -0.05) is 0 Å². The fourth-order valence-electron chi connectivity index (χ4n) is 1.02. The van der Waals surface area contributed by atoms with Gasteiger partial charge < -0.3 is 9.72 Å². The highest BCUT2D eigenvalue weighted by atomic mass is 16.5. The number of ether oxygens (including phenoxy) is 1. The van der Waals surface area contributed by atoms with Crippen LogP contribution >= 0.6 is 0 Å². The molecule has 4 heteroatoms. The van der Waals surface area contributed by atoms with Crippen LogP contribution in [0.15, 0.2) is 4.79 Å². The third-order valence-electron chi connectivity index (χ3n) is 1.99. The Labute approximate surface area is 77.0 Å². The van der Waals surface area contributed by atoms with Crippen molar-refractivity contribution in [3.8, 4) is 0 Å².